The molecule has 1 saturated heterocycles. The maximum absolute atomic E-state index is 5.55. The molecule has 0 spiro atoms. The Morgan fingerprint density at radius 2 is 2.11 bits per heavy atom. The lowest BCUT2D eigenvalue weighted by atomic mass is 9.87. The van der Waals surface area contributed by atoms with Gasteiger partial charge in [-0.3, -0.25) is 0 Å². The molecule has 3 atom stereocenters. The predicted molar refractivity (Wildman–Crippen MR) is 80.5 cm³/mol. The molecule has 1 aliphatic heterocycles. The van der Waals surface area contributed by atoms with E-state index in [-0.39, 0.29) is 0 Å². The van der Waals surface area contributed by atoms with Crippen molar-refractivity contribution in [3.05, 3.63) is 0 Å². The molecule has 3 heteroatoms. The second-order valence-corrected chi connectivity index (χ2v) is 6.77. The number of hydrogen-bond donors (Lipinski definition) is 1. The van der Waals surface area contributed by atoms with Crippen molar-refractivity contribution >= 4 is 0 Å². The van der Waals surface area contributed by atoms with Gasteiger partial charge >= 0.3 is 0 Å². The van der Waals surface area contributed by atoms with E-state index in [2.05, 4.69) is 24.2 Å². The third-order valence-electron chi connectivity index (χ3n) is 4.69. The minimum Gasteiger partial charge on any atom is -0.381 e. The van der Waals surface area contributed by atoms with Gasteiger partial charge in [-0.2, -0.15) is 0 Å². The second kappa shape index (κ2) is 8.23. The molecule has 1 saturated carbocycles. The minimum atomic E-state index is 0.758. The summed E-state index contributed by atoms with van der Waals surface area (Å²) in [5, 5.41) is 3.75. The zero-order valence-corrected chi connectivity index (χ0v) is 12.9. The molecule has 1 aliphatic carbocycles. The molecule has 2 aliphatic rings. The normalized spacial score (nSPS) is 32.7. The lowest BCUT2D eigenvalue weighted by Gasteiger charge is -2.30. The highest BCUT2D eigenvalue weighted by molar-refractivity contribution is 4.76. The van der Waals surface area contributed by atoms with Crippen LogP contribution in [0.5, 0.6) is 0 Å². The summed E-state index contributed by atoms with van der Waals surface area (Å²) in [4.78, 5) is 2.47. The highest BCUT2D eigenvalue weighted by Gasteiger charge is 2.19. The molecule has 2 rings (SSSR count). The van der Waals surface area contributed by atoms with Crippen LogP contribution in [0.2, 0.25) is 0 Å². The van der Waals surface area contributed by atoms with E-state index in [0.717, 1.165) is 37.6 Å². The van der Waals surface area contributed by atoms with Gasteiger partial charge in [-0.25, -0.2) is 0 Å². The zero-order chi connectivity index (χ0) is 13.5. The monoisotopic (exact) mass is 268 g/mol. The molecule has 2 fully saturated rings. The molecule has 3 nitrogen and oxygen atoms in total. The zero-order valence-electron chi connectivity index (χ0n) is 12.9. The summed E-state index contributed by atoms with van der Waals surface area (Å²) in [6, 6.07) is 0.773. The van der Waals surface area contributed by atoms with Gasteiger partial charge in [0.2, 0.25) is 0 Å². The number of hydrogen-bond acceptors (Lipinski definition) is 3. The topological polar surface area (TPSA) is 24.5 Å². The third-order valence-corrected chi connectivity index (χ3v) is 4.69. The molecule has 0 amide bonds. The Morgan fingerprint density at radius 3 is 2.84 bits per heavy atom. The van der Waals surface area contributed by atoms with Crippen LogP contribution >= 0.6 is 0 Å². The van der Waals surface area contributed by atoms with Crippen molar-refractivity contribution in [3.63, 3.8) is 0 Å². The largest absolute Gasteiger partial charge is 0.381 e. The Labute approximate surface area is 119 Å². The van der Waals surface area contributed by atoms with Crippen LogP contribution < -0.4 is 5.32 Å². The Morgan fingerprint density at radius 1 is 1.21 bits per heavy atom. The molecule has 0 aromatic heterocycles. The van der Waals surface area contributed by atoms with E-state index in [1.54, 1.807) is 0 Å². The summed E-state index contributed by atoms with van der Waals surface area (Å²) in [5.41, 5.74) is 0. The van der Waals surface area contributed by atoms with Crippen molar-refractivity contribution in [2.75, 3.05) is 39.9 Å². The van der Waals surface area contributed by atoms with Crippen LogP contribution in [0.4, 0.5) is 0 Å². The molecule has 19 heavy (non-hydrogen) atoms. The van der Waals surface area contributed by atoms with Crippen LogP contribution in [-0.2, 0) is 4.74 Å². The number of likely N-dealkylation sites (N-methyl/N-ethyl adjacent to an activating group) is 1. The Kier molecular flexibility index (Phi) is 6.62. The Hall–Kier alpha value is -0.120. The summed E-state index contributed by atoms with van der Waals surface area (Å²) in [7, 11) is 2.25. The van der Waals surface area contributed by atoms with Crippen molar-refractivity contribution in [1.82, 2.24) is 10.2 Å². The molecule has 3 unspecified atom stereocenters. The van der Waals surface area contributed by atoms with Gasteiger partial charge in [-0.1, -0.05) is 19.8 Å². The smallest absolute Gasteiger partial charge is 0.0506 e. The van der Waals surface area contributed by atoms with E-state index >= 15 is 0 Å². The maximum atomic E-state index is 5.55. The van der Waals surface area contributed by atoms with E-state index < -0.39 is 0 Å². The molecule has 0 radical (unpaired) electrons. The lowest BCUT2D eigenvalue weighted by Crippen LogP contribution is -2.40. The molecule has 0 aromatic rings. The van der Waals surface area contributed by atoms with Gasteiger partial charge in [0.05, 0.1) is 6.61 Å². The van der Waals surface area contributed by atoms with Crippen molar-refractivity contribution in [1.29, 1.82) is 0 Å². The molecule has 1 N–H and O–H groups in total. The number of nitrogens with one attached hydrogen (secondary N) is 1. The van der Waals surface area contributed by atoms with Crippen LogP contribution in [-0.4, -0.2) is 50.8 Å². The average Bonchev–Trinajstić information content (AvgIpc) is 2.40. The summed E-state index contributed by atoms with van der Waals surface area (Å²) >= 11 is 0. The van der Waals surface area contributed by atoms with E-state index in [1.165, 1.54) is 51.6 Å². The number of nitrogens with zero attached hydrogens (tertiary/aromatic N) is 1. The van der Waals surface area contributed by atoms with Crippen molar-refractivity contribution in [3.8, 4) is 0 Å². The van der Waals surface area contributed by atoms with Crippen LogP contribution in [0.3, 0.4) is 0 Å². The van der Waals surface area contributed by atoms with Crippen LogP contribution in [0.25, 0.3) is 0 Å². The Bertz CT molecular complexity index is 241. The standard InChI is InChI=1S/C16H32N2O/c1-14-5-3-7-16(11-14)17-8-9-18(2)12-15-6-4-10-19-13-15/h14-17H,3-13H2,1-2H3. The summed E-state index contributed by atoms with van der Waals surface area (Å²) in [5.74, 6) is 1.68. The van der Waals surface area contributed by atoms with Gasteiger partial charge in [0, 0.05) is 32.3 Å². The fraction of sp³-hybridized carbons (Fsp3) is 1.00. The summed E-state index contributed by atoms with van der Waals surface area (Å²) in [6.45, 7) is 7.84. The van der Waals surface area contributed by atoms with Gasteiger partial charge in [-0.05, 0) is 44.6 Å². The summed E-state index contributed by atoms with van der Waals surface area (Å²) < 4.78 is 5.55. The minimum absolute atomic E-state index is 0.758. The number of ether oxygens (including phenoxy) is 1. The SMILES string of the molecule is CC1CCCC(NCCN(C)CC2CCCOC2)C1. The second-order valence-electron chi connectivity index (χ2n) is 6.77. The average molecular weight is 268 g/mol. The number of rotatable bonds is 6. The maximum Gasteiger partial charge on any atom is 0.0506 e. The van der Waals surface area contributed by atoms with E-state index in [0.29, 0.717) is 0 Å². The Balaban J connectivity index is 1.54. The van der Waals surface area contributed by atoms with Crippen LogP contribution in [0.15, 0.2) is 0 Å². The van der Waals surface area contributed by atoms with Crippen LogP contribution in [0.1, 0.15) is 45.4 Å². The van der Waals surface area contributed by atoms with Crippen molar-refractivity contribution in [2.24, 2.45) is 11.8 Å². The fourth-order valence-electron chi connectivity index (χ4n) is 3.56. The third kappa shape index (κ3) is 5.80. The summed E-state index contributed by atoms with van der Waals surface area (Å²) in [6.07, 6.45) is 8.19. The van der Waals surface area contributed by atoms with Crippen LogP contribution in [0, 0.1) is 11.8 Å². The van der Waals surface area contributed by atoms with E-state index in [9.17, 15) is 0 Å². The molecular formula is C16H32N2O. The van der Waals surface area contributed by atoms with Gasteiger partial charge in [0.25, 0.3) is 0 Å². The molecule has 112 valence electrons. The first-order chi connectivity index (χ1) is 9.24. The molecule has 0 bridgehead atoms. The van der Waals surface area contributed by atoms with Gasteiger partial charge in [-0.15, -0.1) is 0 Å². The van der Waals surface area contributed by atoms with Gasteiger partial charge in [0.1, 0.15) is 0 Å². The van der Waals surface area contributed by atoms with Crippen molar-refractivity contribution < 1.29 is 4.74 Å². The fourth-order valence-corrected chi connectivity index (χ4v) is 3.56. The molecular weight excluding hydrogens is 236 g/mol. The molecule has 1 heterocycles. The highest BCUT2D eigenvalue weighted by atomic mass is 16.5. The molecule has 0 aromatic carbocycles. The van der Waals surface area contributed by atoms with Gasteiger partial charge in [0.15, 0.2) is 0 Å². The first-order valence-corrected chi connectivity index (χ1v) is 8.23. The van der Waals surface area contributed by atoms with E-state index in [1.807, 2.05) is 0 Å². The first kappa shape index (κ1) is 15.3. The van der Waals surface area contributed by atoms with Gasteiger partial charge < -0.3 is 15.0 Å². The van der Waals surface area contributed by atoms with E-state index in [4.69, 9.17) is 4.74 Å². The quantitative estimate of drug-likeness (QED) is 0.801. The highest BCUT2D eigenvalue weighted by Crippen LogP contribution is 2.23. The lowest BCUT2D eigenvalue weighted by molar-refractivity contribution is 0.0420. The predicted octanol–water partition coefficient (Wildman–Crippen LogP) is 2.51. The first-order valence-electron chi connectivity index (χ1n) is 8.23. The van der Waals surface area contributed by atoms with Crippen molar-refractivity contribution in [2.45, 2.75) is 51.5 Å².